The van der Waals surface area contributed by atoms with Gasteiger partial charge in [0.25, 0.3) is 0 Å². The normalized spacial score (nSPS) is 11.2. The fourth-order valence-electron chi connectivity index (χ4n) is 1.61. The molecule has 0 saturated heterocycles. The molecule has 2 rings (SSSR count). The summed E-state index contributed by atoms with van der Waals surface area (Å²) < 4.78 is 58.6. The topological polar surface area (TPSA) is 44.5 Å². The average molecular weight is 301 g/mol. The standard InChI is InChI=1S/C14H11F4NO2/c15-13-9(2-1-3-12(13)19)8-20-10-4-6-11(7-5-10)21-14(16,17)18/h1-7H,8,19H2. The highest BCUT2D eigenvalue weighted by Gasteiger charge is 2.30. The zero-order valence-corrected chi connectivity index (χ0v) is 10.7. The second-order valence-electron chi connectivity index (χ2n) is 4.13. The van der Waals surface area contributed by atoms with Crippen molar-refractivity contribution >= 4 is 5.69 Å². The fourth-order valence-corrected chi connectivity index (χ4v) is 1.61. The van der Waals surface area contributed by atoms with Crippen molar-refractivity contribution in [2.24, 2.45) is 0 Å². The van der Waals surface area contributed by atoms with Gasteiger partial charge in [-0.1, -0.05) is 12.1 Å². The lowest BCUT2D eigenvalue weighted by molar-refractivity contribution is -0.274. The third kappa shape index (κ3) is 4.27. The summed E-state index contributed by atoms with van der Waals surface area (Å²) in [4.78, 5) is 0. The van der Waals surface area contributed by atoms with Crippen LogP contribution in [0.4, 0.5) is 23.2 Å². The summed E-state index contributed by atoms with van der Waals surface area (Å²) in [5, 5.41) is 0. The van der Waals surface area contributed by atoms with Gasteiger partial charge in [0, 0.05) is 5.56 Å². The number of hydrogen-bond donors (Lipinski definition) is 1. The first-order valence-corrected chi connectivity index (χ1v) is 5.86. The van der Waals surface area contributed by atoms with Gasteiger partial charge >= 0.3 is 6.36 Å². The molecular formula is C14H11F4NO2. The van der Waals surface area contributed by atoms with E-state index in [-0.39, 0.29) is 29.4 Å². The molecule has 0 aliphatic rings. The number of rotatable bonds is 4. The first kappa shape index (κ1) is 15.0. The highest BCUT2D eigenvalue weighted by Crippen LogP contribution is 2.25. The summed E-state index contributed by atoms with van der Waals surface area (Å²) in [6.45, 7) is -0.0870. The third-order valence-electron chi connectivity index (χ3n) is 2.56. The second kappa shape index (κ2) is 5.90. The predicted octanol–water partition coefficient (Wildman–Crippen LogP) is 3.89. The van der Waals surface area contributed by atoms with Crippen LogP contribution in [0.25, 0.3) is 0 Å². The minimum absolute atomic E-state index is 0.00465. The summed E-state index contributed by atoms with van der Waals surface area (Å²) in [6.07, 6.45) is -4.74. The van der Waals surface area contributed by atoms with Crippen molar-refractivity contribution in [1.82, 2.24) is 0 Å². The lowest BCUT2D eigenvalue weighted by Gasteiger charge is -2.11. The van der Waals surface area contributed by atoms with E-state index in [1.54, 1.807) is 6.07 Å². The maximum atomic E-state index is 13.6. The van der Waals surface area contributed by atoms with Gasteiger partial charge in [-0.05, 0) is 30.3 Å². The summed E-state index contributed by atoms with van der Waals surface area (Å²) in [6, 6.07) is 9.32. The number of hydrogen-bond acceptors (Lipinski definition) is 3. The van der Waals surface area contributed by atoms with E-state index in [9.17, 15) is 17.6 Å². The maximum absolute atomic E-state index is 13.6. The van der Waals surface area contributed by atoms with Crippen molar-refractivity contribution in [3.63, 3.8) is 0 Å². The van der Waals surface area contributed by atoms with Crippen LogP contribution in [0.3, 0.4) is 0 Å². The van der Waals surface area contributed by atoms with Gasteiger partial charge in [-0.25, -0.2) is 4.39 Å². The van der Waals surface area contributed by atoms with E-state index in [0.29, 0.717) is 0 Å². The molecule has 0 aliphatic carbocycles. The Morgan fingerprint density at radius 3 is 2.19 bits per heavy atom. The van der Waals surface area contributed by atoms with Crippen molar-refractivity contribution in [2.75, 3.05) is 5.73 Å². The number of alkyl halides is 3. The number of benzene rings is 2. The molecule has 2 aromatic rings. The summed E-state index contributed by atoms with van der Waals surface area (Å²) in [5.74, 6) is -0.647. The molecule has 2 N–H and O–H groups in total. The smallest absolute Gasteiger partial charge is 0.489 e. The van der Waals surface area contributed by atoms with E-state index >= 15 is 0 Å². The monoisotopic (exact) mass is 301 g/mol. The molecular weight excluding hydrogens is 290 g/mol. The molecule has 0 heterocycles. The first-order valence-electron chi connectivity index (χ1n) is 5.86. The van der Waals surface area contributed by atoms with Gasteiger partial charge in [-0.15, -0.1) is 13.2 Å². The molecule has 21 heavy (non-hydrogen) atoms. The second-order valence-corrected chi connectivity index (χ2v) is 4.13. The van der Waals surface area contributed by atoms with Crippen LogP contribution in [0.2, 0.25) is 0 Å². The highest BCUT2D eigenvalue weighted by molar-refractivity contribution is 5.42. The Hall–Kier alpha value is -2.44. The fraction of sp³-hybridized carbons (Fsp3) is 0.143. The Morgan fingerprint density at radius 1 is 0.952 bits per heavy atom. The van der Waals surface area contributed by atoms with E-state index in [1.807, 2.05) is 0 Å². The molecule has 0 amide bonds. The molecule has 3 nitrogen and oxygen atoms in total. The van der Waals surface area contributed by atoms with Gasteiger partial charge in [0.05, 0.1) is 5.69 Å². The summed E-state index contributed by atoms with van der Waals surface area (Å²) in [5.41, 5.74) is 5.67. The van der Waals surface area contributed by atoms with Gasteiger partial charge in [-0.2, -0.15) is 0 Å². The first-order chi connectivity index (χ1) is 9.85. The van der Waals surface area contributed by atoms with Gasteiger partial charge < -0.3 is 15.2 Å². The molecule has 112 valence electrons. The number of anilines is 1. The quantitative estimate of drug-likeness (QED) is 0.688. The van der Waals surface area contributed by atoms with Crippen LogP contribution in [-0.4, -0.2) is 6.36 Å². The molecule has 0 radical (unpaired) electrons. The SMILES string of the molecule is Nc1cccc(COc2ccc(OC(F)(F)F)cc2)c1F. The van der Waals surface area contributed by atoms with Crippen LogP contribution >= 0.6 is 0 Å². The molecule has 2 aromatic carbocycles. The van der Waals surface area contributed by atoms with Crippen LogP contribution < -0.4 is 15.2 Å². The minimum atomic E-state index is -4.74. The molecule has 0 fully saturated rings. The van der Waals surface area contributed by atoms with Crippen LogP contribution in [0.15, 0.2) is 42.5 Å². The molecule has 0 bridgehead atoms. The van der Waals surface area contributed by atoms with Crippen molar-refractivity contribution in [2.45, 2.75) is 13.0 Å². The van der Waals surface area contributed by atoms with Crippen molar-refractivity contribution in [3.05, 3.63) is 53.8 Å². The van der Waals surface area contributed by atoms with Gasteiger partial charge in [0.1, 0.15) is 18.1 Å². The molecule has 0 saturated carbocycles. The largest absolute Gasteiger partial charge is 0.573 e. The lowest BCUT2D eigenvalue weighted by Crippen LogP contribution is -2.16. The highest BCUT2D eigenvalue weighted by atomic mass is 19.4. The van der Waals surface area contributed by atoms with Gasteiger partial charge in [-0.3, -0.25) is 0 Å². The molecule has 0 atom stereocenters. The lowest BCUT2D eigenvalue weighted by atomic mass is 10.2. The third-order valence-corrected chi connectivity index (χ3v) is 2.56. The number of ether oxygens (including phenoxy) is 2. The summed E-state index contributed by atoms with van der Waals surface area (Å²) in [7, 11) is 0. The zero-order valence-electron chi connectivity index (χ0n) is 10.7. The van der Waals surface area contributed by atoms with E-state index in [2.05, 4.69) is 4.74 Å². The molecule has 7 heteroatoms. The Balaban J connectivity index is 1.99. The van der Waals surface area contributed by atoms with Crippen LogP contribution in [0.1, 0.15) is 5.56 Å². The Morgan fingerprint density at radius 2 is 1.57 bits per heavy atom. The van der Waals surface area contributed by atoms with Crippen LogP contribution in [0.5, 0.6) is 11.5 Å². The van der Waals surface area contributed by atoms with Gasteiger partial charge in [0.15, 0.2) is 5.82 Å². The number of nitrogen functional groups attached to an aromatic ring is 1. The minimum Gasteiger partial charge on any atom is -0.489 e. The molecule has 0 aromatic heterocycles. The Labute approximate surface area is 117 Å². The van der Waals surface area contributed by atoms with Crippen molar-refractivity contribution in [3.8, 4) is 11.5 Å². The van der Waals surface area contributed by atoms with Crippen molar-refractivity contribution < 1.29 is 27.0 Å². The van der Waals surface area contributed by atoms with Crippen LogP contribution in [-0.2, 0) is 6.61 Å². The van der Waals surface area contributed by atoms with Crippen LogP contribution in [0, 0.1) is 5.82 Å². The van der Waals surface area contributed by atoms with E-state index < -0.39 is 12.2 Å². The zero-order chi connectivity index (χ0) is 15.5. The van der Waals surface area contributed by atoms with E-state index in [0.717, 1.165) is 12.1 Å². The number of nitrogens with two attached hydrogens (primary N) is 1. The predicted molar refractivity (Wildman–Crippen MR) is 68.3 cm³/mol. The summed E-state index contributed by atoms with van der Waals surface area (Å²) >= 11 is 0. The van der Waals surface area contributed by atoms with Crippen molar-refractivity contribution in [1.29, 1.82) is 0 Å². The molecule has 0 aliphatic heterocycles. The number of halogens is 4. The molecule has 0 spiro atoms. The Kier molecular flexibility index (Phi) is 4.21. The van der Waals surface area contributed by atoms with Gasteiger partial charge in [0.2, 0.25) is 0 Å². The van der Waals surface area contributed by atoms with E-state index in [4.69, 9.17) is 10.5 Å². The van der Waals surface area contributed by atoms with E-state index in [1.165, 1.54) is 24.3 Å². The molecule has 0 unspecified atom stereocenters. The Bertz CT molecular complexity index is 611. The maximum Gasteiger partial charge on any atom is 0.573 e. The average Bonchev–Trinajstić information content (AvgIpc) is 2.40.